The number of aromatic nitrogens is 2. The molecule has 2 aromatic rings. The van der Waals surface area contributed by atoms with Crippen LogP contribution in [0.4, 0.5) is 14.5 Å². The molecule has 1 aliphatic heterocycles. The highest BCUT2D eigenvalue weighted by Gasteiger charge is 2.38. The van der Waals surface area contributed by atoms with Gasteiger partial charge in [0.1, 0.15) is 24.8 Å². The second-order valence-corrected chi connectivity index (χ2v) is 6.80. The minimum absolute atomic E-state index is 0.0172. The monoisotopic (exact) mass is 418 g/mol. The van der Waals surface area contributed by atoms with E-state index in [1.165, 1.54) is 42.5 Å². The van der Waals surface area contributed by atoms with Crippen molar-refractivity contribution in [1.29, 1.82) is 0 Å². The highest BCUT2D eigenvalue weighted by molar-refractivity contribution is 6.03. The largest absolute Gasteiger partial charge is 0.474 e. The van der Waals surface area contributed by atoms with Crippen molar-refractivity contribution in [3.05, 3.63) is 47.7 Å². The summed E-state index contributed by atoms with van der Waals surface area (Å²) in [4.78, 5) is 37.9. The summed E-state index contributed by atoms with van der Waals surface area (Å²) in [6.45, 7) is 0.756. The molecule has 158 valence electrons. The topological polar surface area (TPSA) is 123 Å². The summed E-state index contributed by atoms with van der Waals surface area (Å²) in [7, 11) is 1.49. The lowest BCUT2D eigenvalue weighted by Crippen LogP contribution is -2.47. The van der Waals surface area contributed by atoms with Crippen LogP contribution >= 0.6 is 0 Å². The number of carbonyl (C=O) groups is 2. The first-order chi connectivity index (χ1) is 14.2. The fraction of sp³-hybridized carbons (Fsp3) is 0.316. The predicted octanol–water partition coefficient (Wildman–Crippen LogP) is 1.61. The maximum Gasteiger partial charge on any atom is 0.275 e. The van der Waals surface area contributed by atoms with Crippen molar-refractivity contribution in [2.45, 2.75) is 18.9 Å². The fourth-order valence-electron chi connectivity index (χ4n) is 2.93. The Bertz CT molecular complexity index is 998. The Morgan fingerprint density at radius 2 is 2.13 bits per heavy atom. The first-order valence-corrected chi connectivity index (χ1v) is 8.97. The van der Waals surface area contributed by atoms with E-state index in [0.29, 0.717) is 0 Å². The number of nitrogens with one attached hydrogen (secondary N) is 1. The maximum absolute atomic E-state index is 14.5. The van der Waals surface area contributed by atoms with E-state index in [-0.39, 0.29) is 47.7 Å². The van der Waals surface area contributed by atoms with Crippen LogP contribution in [0.1, 0.15) is 29.4 Å². The van der Waals surface area contributed by atoms with Gasteiger partial charge in [0.25, 0.3) is 5.91 Å². The van der Waals surface area contributed by atoms with Gasteiger partial charge in [-0.2, -0.15) is 0 Å². The number of nitrogens with two attached hydrogens (primary N) is 1. The third-order valence-corrected chi connectivity index (χ3v) is 4.57. The fourth-order valence-corrected chi connectivity index (χ4v) is 2.93. The van der Waals surface area contributed by atoms with Gasteiger partial charge in [-0.3, -0.25) is 14.5 Å². The maximum atomic E-state index is 14.5. The number of halogens is 2. The van der Waals surface area contributed by atoms with Gasteiger partial charge in [-0.15, -0.1) is 0 Å². The molecule has 1 aromatic heterocycles. The normalized spacial score (nSPS) is 18.7. The number of guanidine groups is 1. The van der Waals surface area contributed by atoms with E-state index in [0.717, 1.165) is 0 Å². The minimum atomic E-state index is -1.21. The van der Waals surface area contributed by atoms with Crippen LogP contribution < -0.4 is 15.8 Å². The number of nitrogens with zero attached hydrogens (tertiary/aromatic N) is 4. The number of hydrogen-bond donors (Lipinski definition) is 2. The van der Waals surface area contributed by atoms with Crippen molar-refractivity contribution < 1.29 is 23.1 Å². The van der Waals surface area contributed by atoms with Crippen LogP contribution in [0, 0.1) is 5.82 Å². The second kappa shape index (κ2) is 8.39. The average Bonchev–Trinajstić information content (AvgIpc) is 2.72. The Hall–Kier alpha value is -3.63. The summed E-state index contributed by atoms with van der Waals surface area (Å²) >= 11 is 0. The van der Waals surface area contributed by atoms with Crippen LogP contribution in [0.3, 0.4) is 0 Å². The van der Waals surface area contributed by atoms with Crippen molar-refractivity contribution in [2.75, 3.05) is 25.6 Å². The highest BCUT2D eigenvalue weighted by atomic mass is 19.1. The zero-order valence-corrected chi connectivity index (χ0v) is 16.4. The third kappa shape index (κ3) is 4.34. The van der Waals surface area contributed by atoms with Crippen molar-refractivity contribution in [2.24, 2.45) is 10.7 Å². The predicted molar refractivity (Wildman–Crippen MR) is 104 cm³/mol. The quantitative estimate of drug-likeness (QED) is 0.735. The number of amides is 2. The molecule has 0 saturated carbocycles. The molecule has 0 radical (unpaired) electrons. The smallest absolute Gasteiger partial charge is 0.275 e. The van der Waals surface area contributed by atoms with Gasteiger partial charge >= 0.3 is 0 Å². The molecule has 3 rings (SSSR count). The number of alkyl halides is 1. The molecule has 2 amide bonds. The molecule has 0 bridgehead atoms. The Morgan fingerprint density at radius 1 is 1.37 bits per heavy atom. The van der Waals surface area contributed by atoms with Crippen LogP contribution in [0.25, 0.3) is 0 Å². The number of benzene rings is 1. The molecule has 1 aliphatic rings. The summed E-state index contributed by atoms with van der Waals surface area (Å²) in [5.41, 5.74) is 4.95. The van der Waals surface area contributed by atoms with E-state index < -0.39 is 23.9 Å². The van der Waals surface area contributed by atoms with Gasteiger partial charge in [-0.05, 0) is 25.1 Å². The molecular weight excluding hydrogens is 398 g/mol. The molecule has 2 heterocycles. The molecule has 11 heteroatoms. The molecule has 0 spiro atoms. The SMILES string of the molecule is CN1C(=O)CC(C)(c2cc(NC(=O)c3cnc(OCCF)cn3)ccc2F)N=C1N. The van der Waals surface area contributed by atoms with Gasteiger partial charge in [0.15, 0.2) is 5.96 Å². The van der Waals surface area contributed by atoms with Crippen LogP contribution in [0.5, 0.6) is 5.88 Å². The van der Waals surface area contributed by atoms with Crippen molar-refractivity contribution in [3.8, 4) is 5.88 Å². The summed E-state index contributed by atoms with van der Waals surface area (Å²) in [5.74, 6) is -1.41. The lowest BCUT2D eigenvalue weighted by atomic mass is 9.87. The van der Waals surface area contributed by atoms with Crippen LogP contribution in [0.15, 0.2) is 35.6 Å². The molecule has 1 unspecified atom stereocenters. The lowest BCUT2D eigenvalue weighted by Gasteiger charge is -2.34. The second-order valence-electron chi connectivity index (χ2n) is 6.80. The van der Waals surface area contributed by atoms with Crippen LogP contribution in [-0.4, -0.2) is 53.0 Å². The molecular formula is C19H20F2N6O3. The number of aliphatic imine (C=N–C) groups is 1. The summed E-state index contributed by atoms with van der Waals surface area (Å²) in [6.07, 6.45) is 2.29. The number of ether oxygens (including phenoxy) is 1. The van der Waals surface area contributed by atoms with Crippen LogP contribution in [0.2, 0.25) is 0 Å². The summed E-state index contributed by atoms with van der Waals surface area (Å²) in [6, 6.07) is 3.94. The zero-order valence-electron chi connectivity index (χ0n) is 16.4. The molecule has 30 heavy (non-hydrogen) atoms. The van der Waals surface area contributed by atoms with E-state index >= 15 is 0 Å². The number of rotatable bonds is 6. The number of carbonyl (C=O) groups excluding carboxylic acids is 2. The standard InChI is InChI=1S/C19H20F2N6O3/c1-19(8-16(28)27(2)18(22)26-19)12-7-11(3-4-13(12)21)25-17(29)14-9-24-15(10-23-14)30-6-5-20/h3-4,7,9-10H,5-6,8H2,1-2H3,(H2,22,26)(H,25,29). The Morgan fingerprint density at radius 3 is 2.77 bits per heavy atom. The van der Waals surface area contributed by atoms with Gasteiger partial charge in [0.2, 0.25) is 11.8 Å². The average molecular weight is 418 g/mol. The van der Waals surface area contributed by atoms with Crippen molar-refractivity contribution >= 4 is 23.5 Å². The third-order valence-electron chi connectivity index (χ3n) is 4.57. The first kappa shape index (κ1) is 21.1. The van der Waals surface area contributed by atoms with Gasteiger partial charge < -0.3 is 15.8 Å². The minimum Gasteiger partial charge on any atom is -0.474 e. The van der Waals surface area contributed by atoms with Gasteiger partial charge in [-0.25, -0.2) is 23.7 Å². The Labute approximate surface area is 171 Å². The van der Waals surface area contributed by atoms with E-state index in [9.17, 15) is 18.4 Å². The first-order valence-electron chi connectivity index (χ1n) is 8.97. The molecule has 0 fully saturated rings. The van der Waals surface area contributed by atoms with E-state index in [4.69, 9.17) is 10.5 Å². The van der Waals surface area contributed by atoms with Gasteiger partial charge in [-0.1, -0.05) is 0 Å². The zero-order chi connectivity index (χ0) is 21.9. The van der Waals surface area contributed by atoms with Crippen molar-refractivity contribution in [3.63, 3.8) is 0 Å². The Kier molecular flexibility index (Phi) is 5.90. The molecule has 3 N–H and O–H groups in total. The van der Waals surface area contributed by atoms with Gasteiger partial charge in [0, 0.05) is 18.3 Å². The lowest BCUT2D eigenvalue weighted by molar-refractivity contribution is -0.128. The molecule has 0 saturated heterocycles. The van der Waals surface area contributed by atoms with Crippen LogP contribution in [-0.2, 0) is 10.3 Å². The number of anilines is 1. The van der Waals surface area contributed by atoms with Gasteiger partial charge in [0.05, 0.1) is 24.4 Å². The highest BCUT2D eigenvalue weighted by Crippen LogP contribution is 2.35. The summed E-state index contributed by atoms with van der Waals surface area (Å²) < 4.78 is 31.6. The molecule has 0 aliphatic carbocycles. The van der Waals surface area contributed by atoms with Crippen molar-refractivity contribution in [1.82, 2.24) is 14.9 Å². The summed E-state index contributed by atoms with van der Waals surface area (Å²) in [5, 5.41) is 2.59. The van der Waals surface area contributed by atoms with E-state index in [1.807, 2.05) is 0 Å². The molecule has 1 aromatic carbocycles. The Balaban J connectivity index is 1.82. The van der Waals surface area contributed by atoms with E-state index in [2.05, 4.69) is 20.3 Å². The van der Waals surface area contributed by atoms with E-state index in [1.54, 1.807) is 6.92 Å². The number of hydrogen-bond acceptors (Lipinski definition) is 7. The molecule has 9 nitrogen and oxygen atoms in total. The molecule has 1 atom stereocenters.